The maximum Gasteiger partial charge on any atom is 0.406 e. The first-order valence-electron chi connectivity index (χ1n) is 20.9. The third-order valence-corrected chi connectivity index (χ3v) is 10.8. The van der Waals surface area contributed by atoms with Gasteiger partial charge in [-0.05, 0) is 54.2 Å². The van der Waals surface area contributed by atoms with Crippen molar-refractivity contribution in [1.82, 2.24) is 40.4 Å². The summed E-state index contributed by atoms with van der Waals surface area (Å²) < 4.78 is 54.2. The van der Waals surface area contributed by atoms with Gasteiger partial charge in [0.1, 0.15) is 18.9 Å². The van der Waals surface area contributed by atoms with Gasteiger partial charge >= 0.3 is 6.18 Å². The molecule has 0 spiro atoms. The highest BCUT2D eigenvalue weighted by atomic mass is 19.4. The average Bonchev–Trinajstić information content (AvgIpc) is 4.03. The van der Waals surface area contributed by atoms with Gasteiger partial charge < -0.3 is 39.8 Å². The van der Waals surface area contributed by atoms with E-state index in [-0.39, 0.29) is 55.0 Å². The highest BCUT2D eigenvalue weighted by molar-refractivity contribution is 5.93. The number of rotatable bonds is 19. The maximum atomic E-state index is 13.4. The zero-order chi connectivity index (χ0) is 44.3. The number of amides is 3. The van der Waals surface area contributed by atoms with Crippen LogP contribution in [0.15, 0.2) is 89.7 Å². The van der Waals surface area contributed by atoms with Crippen molar-refractivity contribution in [3.63, 3.8) is 0 Å². The third kappa shape index (κ3) is 12.2. The SMILES string of the molecule is CN1CC(=O)NC(CO)Cc2ccc(OCc3ccc(CNC(=O)CCCCCCCn4cc(C(=O)NCc5nc(-c6cc7ccccc7n6CC(F)(F)F)no5)cn4)cc3)cc21. The lowest BCUT2D eigenvalue weighted by molar-refractivity contribution is -0.139. The minimum absolute atomic E-state index is 0.000671. The van der Waals surface area contributed by atoms with Crippen LogP contribution in [0.5, 0.6) is 5.75 Å². The molecule has 1 unspecified atom stereocenters. The van der Waals surface area contributed by atoms with Crippen molar-refractivity contribution in [2.75, 3.05) is 25.1 Å². The Labute approximate surface area is 361 Å². The molecule has 3 aromatic carbocycles. The number of carbonyl (C=O) groups excluding carboxylic acids is 3. The van der Waals surface area contributed by atoms with Crippen LogP contribution >= 0.6 is 0 Å². The summed E-state index contributed by atoms with van der Waals surface area (Å²) in [6.07, 6.45) is 4.05. The molecule has 0 radical (unpaired) electrons. The fraction of sp³-hybridized carbons (Fsp3) is 0.378. The first-order chi connectivity index (χ1) is 30.4. The van der Waals surface area contributed by atoms with Crippen LogP contribution in [0.25, 0.3) is 22.4 Å². The van der Waals surface area contributed by atoms with Crippen LogP contribution in [-0.4, -0.2) is 79.7 Å². The van der Waals surface area contributed by atoms with Crippen LogP contribution in [0.3, 0.4) is 0 Å². The topological polar surface area (TPSA) is 182 Å². The zero-order valence-corrected chi connectivity index (χ0v) is 34.9. The Kier molecular flexibility index (Phi) is 14.4. The molecule has 4 N–H and O–H groups in total. The van der Waals surface area contributed by atoms with Crippen LogP contribution < -0.4 is 25.6 Å². The van der Waals surface area contributed by atoms with E-state index in [2.05, 4.69) is 31.2 Å². The number of nitrogens with one attached hydrogen (secondary N) is 3. The number of aromatic nitrogens is 5. The lowest BCUT2D eigenvalue weighted by atomic mass is 10.0. The molecule has 6 aromatic rings. The van der Waals surface area contributed by atoms with Gasteiger partial charge in [0.25, 0.3) is 5.91 Å². The summed E-state index contributed by atoms with van der Waals surface area (Å²) >= 11 is 0. The molecule has 3 amide bonds. The molecule has 1 aliphatic heterocycles. The van der Waals surface area contributed by atoms with Crippen molar-refractivity contribution >= 4 is 34.3 Å². The zero-order valence-electron chi connectivity index (χ0n) is 34.9. The fourth-order valence-corrected chi connectivity index (χ4v) is 7.50. The molecule has 0 saturated carbocycles. The van der Waals surface area contributed by atoms with E-state index in [0.717, 1.165) is 59.0 Å². The largest absolute Gasteiger partial charge is 0.489 e. The standard InChI is InChI=1S/C45H50F3N9O6/c1-55-26-41(60)52-35(27-58)19-33-16-17-36(21-38(33)55)62-28-31-14-12-30(13-15-31)22-49-40(59)11-5-3-2-4-8-18-56-25-34(23-51-56)44(61)50-24-42-53-43(54-63-42)39-20-32-9-6-7-10-37(32)57(39)29-45(46,47)48/h6-7,9-10,12-17,20-21,23,25,35,58H,2-5,8,11,18-19,22,24,26-29H2,1H3,(H,49,59)(H,50,61)(H,52,60). The number of unbranched alkanes of at least 4 members (excludes halogenated alkanes) is 4. The van der Waals surface area contributed by atoms with Crippen molar-refractivity contribution in [2.45, 2.75) is 89.9 Å². The second-order valence-corrected chi connectivity index (χ2v) is 15.7. The summed E-state index contributed by atoms with van der Waals surface area (Å²) in [5.74, 6) is 0.166. The smallest absolute Gasteiger partial charge is 0.406 e. The molecule has 3 aromatic heterocycles. The number of aliphatic hydroxyl groups is 1. The lowest BCUT2D eigenvalue weighted by Crippen LogP contribution is -2.46. The number of nitrogens with zero attached hydrogens (tertiary/aromatic N) is 6. The van der Waals surface area contributed by atoms with Crippen LogP contribution in [0, 0.1) is 0 Å². The Morgan fingerprint density at radius 1 is 0.968 bits per heavy atom. The number of carbonyl (C=O) groups is 3. The Balaban J connectivity index is 0.755. The highest BCUT2D eigenvalue weighted by Crippen LogP contribution is 2.31. The Bertz CT molecular complexity index is 2500. The van der Waals surface area contributed by atoms with E-state index < -0.39 is 18.6 Å². The molecular formula is C45H50F3N9O6. The summed E-state index contributed by atoms with van der Waals surface area (Å²) in [6.45, 7) is 0.145. The van der Waals surface area contributed by atoms with Crippen molar-refractivity contribution in [1.29, 1.82) is 0 Å². The van der Waals surface area contributed by atoms with Crippen molar-refractivity contribution in [3.05, 3.63) is 113 Å². The summed E-state index contributed by atoms with van der Waals surface area (Å²) in [7, 11) is 1.86. The number of fused-ring (bicyclic) bond motifs is 2. The van der Waals surface area contributed by atoms with Gasteiger partial charge in [0.15, 0.2) is 0 Å². The van der Waals surface area contributed by atoms with E-state index in [1.54, 1.807) is 41.2 Å². The van der Waals surface area contributed by atoms with Gasteiger partial charge in [0.2, 0.25) is 23.5 Å². The van der Waals surface area contributed by atoms with Crippen LogP contribution in [-0.2, 0) is 48.8 Å². The van der Waals surface area contributed by atoms with Crippen LogP contribution in [0.1, 0.15) is 71.5 Å². The van der Waals surface area contributed by atoms with E-state index in [9.17, 15) is 32.7 Å². The molecule has 0 bridgehead atoms. The minimum atomic E-state index is -4.46. The monoisotopic (exact) mass is 869 g/mol. The Hall–Kier alpha value is -6.69. The summed E-state index contributed by atoms with van der Waals surface area (Å²) in [5.41, 5.74) is 4.78. The molecule has 1 atom stereocenters. The van der Waals surface area contributed by atoms with E-state index in [4.69, 9.17) is 9.26 Å². The lowest BCUT2D eigenvalue weighted by Gasteiger charge is -2.28. The summed E-state index contributed by atoms with van der Waals surface area (Å²) in [6, 6.07) is 21.6. The number of hydrogen-bond acceptors (Lipinski definition) is 10. The van der Waals surface area contributed by atoms with Gasteiger partial charge in [-0.15, -0.1) is 0 Å². The highest BCUT2D eigenvalue weighted by Gasteiger charge is 2.31. The van der Waals surface area contributed by atoms with Crippen LogP contribution in [0.2, 0.25) is 0 Å². The second-order valence-electron chi connectivity index (χ2n) is 15.7. The molecule has 0 aliphatic carbocycles. The molecule has 0 fully saturated rings. The molecular weight excluding hydrogens is 820 g/mol. The van der Waals surface area contributed by atoms with Crippen molar-refractivity contribution in [3.8, 4) is 17.3 Å². The molecule has 4 heterocycles. The first-order valence-corrected chi connectivity index (χ1v) is 20.9. The number of likely N-dealkylation sites (N-methyl/N-ethyl adjacent to an activating group) is 1. The van der Waals surface area contributed by atoms with E-state index in [0.29, 0.717) is 54.8 Å². The number of alkyl halides is 3. The number of halogens is 3. The second kappa shape index (κ2) is 20.5. The number of aryl methyl sites for hydroxylation is 1. The van der Waals surface area contributed by atoms with E-state index in [1.165, 1.54) is 6.20 Å². The van der Waals surface area contributed by atoms with Gasteiger partial charge in [-0.3, -0.25) is 19.1 Å². The maximum absolute atomic E-state index is 13.4. The molecule has 0 saturated heterocycles. The molecule has 332 valence electrons. The molecule has 1 aliphatic rings. The van der Waals surface area contributed by atoms with Crippen LogP contribution in [0.4, 0.5) is 18.9 Å². The van der Waals surface area contributed by atoms with Gasteiger partial charge in [-0.25, -0.2) is 0 Å². The fourth-order valence-electron chi connectivity index (χ4n) is 7.50. The average molecular weight is 870 g/mol. The molecule has 15 nitrogen and oxygen atoms in total. The predicted molar refractivity (Wildman–Crippen MR) is 227 cm³/mol. The number of benzene rings is 3. The summed E-state index contributed by atoms with van der Waals surface area (Å²) in [4.78, 5) is 43.6. The number of aliphatic hydroxyl groups excluding tert-OH is 1. The minimum Gasteiger partial charge on any atom is -0.489 e. The van der Waals surface area contributed by atoms with Crippen molar-refractivity contribution in [2.24, 2.45) is 0 Å². The molecule has 63 heavy (non-hydrogen) atoms. The number of ether oxygens (including phenoxy) is 1. The van der Waals surface area contributed by atoms with Gasteiger partial charge in [-0.1, -0.05) is 73.0 Å². The Morgan fingerprint density at radius 3 is 2.56 bits per heavy atom. The van der Waals surface area contributed by atoms with Crippen molar-refractivity contribution < 1.29 is 41.9 Å². The third-order valence-electron chi connectivity index (χ3n) is 10.8. The molecule has 18 heteroatoms. The number of anilines is 1. The normalized spacial score (nSPS) is 14.2. The summed E-state index contributed by atoms with van der Waals surface area (Å²) in [5, 5.41) is 26.9. The number of para-hydroxylation sites is 1. The molecule has 7 rings (SSSR count). The van der Waals surface area contributed by atoms with E-state index in [1.807, 2.05) is 54.4 Å². The number of hydrogen-bond donors (Lipinski definition) is 4. The van der Waals surface area contributed by atoms with Gasteiger partial charge in [0, 0.05) is 55.4 Å². The Morgan fingerprint density at radius 2 is 1.75 bits per heavy atom. The van der Waals surface area contributed by atoms with Gasteiger partial charge in [0.05, 0.1) is 43.2 Å². The van der Waals surface area contributed by atoms with E-state index >= 15 is 0 Å². The van der Waals surface area contributed by atoms with Gasteiger partial charge in [-0.2, -0.15) is 23.3 Å². The first kappa shape index (κ1) is 44.4. The quantitative estimate of drug-likeness (QED) is 0.0697. The predicted octanol–water partition coefficient (Wildman–Crippen LogP) is 6.09.